The van der Waals surface area contributed by atoms with E-state index in [1.807, 2.05) is 0 Å². The third-order valence-corrected chi connectivity index (χ3v) is 4.75. The lowest BCUT2D eigenvalue weighted by atomic mass is 9.87. The molecule has 0 aliphatic heterocycles. The third-order valence-electron chi connectivity index (χ3n) is 4.75. The van der Waals surface area contributed by atoms with Gasteiger partial charge in [0.05, 0.1) is 0 Å². The van der Waals surface area contributed by atoms with Crippen LogP contribution in [-0.2, 0) is 12.8 Å². The van der Waals surface area contributed by atoms with E-state index in [2.05, 4.69) is 48.4 Å². The van der Waals surface area contributed by atoms with Gasteiger partial charge in [0, 0.05) is 35.8 Å². The zero-order valence-corrected chi connectivity index (χ0v) is 13.1. The summed E-state index contributed by atoms with van der Waals surface area (Å²) >= 11 is 0. The number of rotatable bonds is 5. The molecule has 0 saturated heterocycles. The molecule has 1 aliphatic rings. The van der Waals surface area contributed by atoms with Gasteiger partial charge < -0.3 is 15.4 Å². The van der Waals surface area contributed by atoms with Gasteiger partial charge in [-0.25, -0.2) is 0 Å². The zero-order chi connectivity index (χ0) is 14.9. The Morgan fingerprint density at radius 2 is 2.14 bits per heavy atom. The van der Waals surface area contributed by atoms with Gasteiger partial charge in [0.2, 0.25) is 0 Å². The molecule has 1 heterocycles. The number of H-pyrrole nitrogens is 1. The van der Waals surface area contributed by atoms with Crippen molar-refractivity contribution in [2.45, 2.75) is 45.6 Å². The maximum absolute atomic E-state index is 9.13. The average Bonchev–Trinajstić information content (AvgIpc) is 2.83. The molecule has 3 heteroatoms. The quantitative estimate of drug-likeness (QED) is 0.791. The summed E-state index contributed by atoms with van der Waals surface area (Å²) in [7, 11) is 0. The van der Waals surface area contributed by atoms with Gasteiger partial charge >= 0.3 is 0 Å². The van der Waals surface area contributed by atoms with E-state index in [4.69, 9.17) is 5.11 Å². The Balaban J connectivity index is 1.69. The van der Waals surface area contributed by atoms with Crippen molar-refractivity contribution in [2.75, 3.05) is 13.2 Å². The second kappa shape index (κ2) is 5.82. The number of aliphatic hydroxyl groups excluding tert-OH is 1. The number of nitrogens with one attached hydrogen (secondary N) is 2. The van der Waals surface area contributed by atoms with Crippen molar-refractivity contribution < 1.29 is 5.11 Å². The first-order valence-electron chi connectivity index (χ1n) is 8.02. The van der Waals surface area contributed by atoms with E-state index in [9.17, 15) is 0 Å². The fraction of sp³-hybridized carbons (Fsp3) is 0.556. The minimum Gasteiger partial charge on any atom is -0.396 e. The number of fused-ring (bicyclic) bond motifs is 3. The topological polar surface area (TPSA) is 48.0 Å². The molecule has 0 radical (unpaired) electrons. The van der Waals surface area contributed by atoms with Crippen molar-refractivity contribution in [2.24, 2.45) is 5.41 Å². The SMILES string of the molecule is CC(C)(CCO)CNC1CCc2[nH]c3ccccc3c2C1. The summed E-state index contributed by atoms with van der Waals surface area (Å²) in [4.78, 5) is 3.57. The van der Waals surface area contributed by atoms with Gasteiger partial charge in [-0.2, -0.15) is 0 Å². The smallest absolute Gasteiger partial charge is 0.0458 e. The summed E-state index contributed by atoms with van der Waals surface area (Å²) in [6.07, 6.45) is 4.27. The molecule has 1 aliphatic carbocycles. The molecule has 0 saturated carbocycles. The zero-order valence-electron chi connectivity index (χ0n) is 13.1. The highest BCUT2D eigenvalue weighted by Crippen LogP contribution is 2.29. The van der Waals surface area contributed by atoms with Gasteiger partial charge in [-0.3, -0.25) is 0 Å². The molecule has 21 heavy (non-hydrogen) atoms. The van der Waals surface area contributed by atoms with Crippen LogP contribution in [0, 0.1) is 5.41 Å². The van der Waals surface area contributed by atoms with E-state index in [1.54, 1.807) is 0 Å². The van der Waals surface area contributed by atoms with Crippen LogP contribution in [0.4, 0.5) is 0 Å². The van der Waals surface area contributed by atoms with Crippen LogP contribution in [-0.4, -0.2) is 29.3 Å². The number of hydrogen-bond acceptors (Lipinski definition) is 2. The van der Waals surface area contributed by atoms with Crippen LogP contribution in [0.15, 0.2) is 24.3 Å². The first-order chi connectivity index (χ1) is 10.1. The number of aliphatic hydroxyl groups is 1. The third kappa shape index (κ3) is 3.14. The summed E-state index contributed by atoms with van der Waals surface area (Å²) < 4.78 is 0. The lowest BCUT2D eigenvalue weighted by molar-refractivity contribution is 0.201. The highest BCUT2D eigenvalue weighted by atomic mass is 16.3. The van der Waals surface area contributed by atoms with Crippen molar-refractivity contribution in [3.8, 4) is 0 Å². The summed E-state index contributed by atoms with van der Waals surface area (Å²) in [6.45, 7) is 5.67. The Morgan fingerprint density at radius 1 is 1.33 bits per heavy atom. The van der Waals surface area contributed by atoms with Crippen molar-refractivity contribution in [1.82, 2.24) is 10.3 Å². The van der Waals surface area contributed by atoms with E-state index in [-0.39, 0.29) is 12.0 Å². The van der Waals surface area contributed by atoms with Gasteiger partial charge in [-0.1, -0.05) is 32.0 Å². The second-order valence-corrected chi connectivity index (χ2v) is 7.09. The monoisotopic (exact) mass is 286 g/mol. The molecule has 3 nitrogen and oxygen atoms in total. The van der Waals surface area contributed by atoms with Gasteiger partial charge in [0.1, 0.15) is 0 Å². The predicted molar refractivity (Wildman–Crippen MR) is 87.6 cm³/mol. The molecule has 0 amide bonds. The van der Waals surface area contributed by atoms with Crippen LogP contribution in [0.3, 0.4) is 0 Å². The van der Waals surface area contributed by atoms with Crippen LogP contribution >= 0.6 is 0 Å². The Kier molecular flexibility index (Phi) is 4.05. The number of benzene rings is 1. The van der Waals surface area contributed by atoms with Crippen LogP contribution in [0.2, 0.25) is 0 Å². The highest BCUT2D eigenvalue weighted by Gasteiger charge is 2.24. The summed E-state index contributed by atoms with van der Waals surface area (Å²) in [5, 5.41) is 14.2. The van der Waals surface area contributed by atoms with Gasteiger partial charge in [0.25, 0.3) is 0 Å². The molecule has 1 aromatic carbocycles. The van der Waals surface area contributed by atoms with Crippen molar-refractivity contribution in [3.05, 3.63) is 35.5 Å². The van der Waals surface area contributed by atoms with Crippen LogP contribution in [0.25, 0.3) is 10.9 Å². The molecule has 0 spiro atoms. The maximum Gasteiger partial charge on any atom is 0.0458 e. The molecule has 1 aromatic heterocycles. The van der Waals surface area contributed by atoms with E-state index in [0.29, 0.717) is 6.04 Å². The molecule has 1 unspecified atom stereocenters. The number of aromatic nitrogens is 1. The van der Waals surface area contributed by atoms with Crippen molar-refractivity contribution in [3.63, 3.8) is 0 Å². The van der Waals surface area contributed by atoms with Gasteiger partial charge in [-0.05, 0) is 42.7 Å². The number of para-hydroxylation sites is 1. The lowest BCUT2D eigenvalue weighted by Crippen LogP contribution is -2.40. The normalized spacial score (nSPS) is 18.9. The molecule has 3 rings (SSSR count). The fourth-order valence-corrected chi connectivity index (χ4v) is 3.36. The Hall–Kier alpha value is -1.32. The number of hydrogen-bond donors (Lipinski definition) is 3. The Labute approximate surface area is 126 Å². The Bertz CT molecular complexity index is 615. The van der Waals surface area contributed by atoms with Crippen molar-refractivity contribution >= 4 is 10.9 Å². The predicted octanol–water partition coefficient (Wildman–Crippen LogP) is 3.02. The van der Waals surface area contributed by atoms with Crippen LogP contribution in [0.1, 0.15) is 37.9 Å². The van der Waals surface area contributed by atoms with E-state index in [0.717, 1.165) is 25.8 Å². The van der Waals surface area contributed by atoms with E-state index >= 15 is 0 Å². The summed E-state index contributed by atoms with van der Waals surface area (Å²) in [6, 6.07) is 9.16. The van der Waals surface area contributed by atoms with E-state index in [1.165, 1.54) is 28.6 Å². The molecular formula is C18H26N2O. The van der Waals surface area contributed by atoms with Crippen LogP contribution < -0.4 is 5.32 Å². The number of aryl methyl sites for hydroxylation is 1. The maximum atomic E-state index is 9.13. The van der Waals surface area contributed by atoms with Gasteiger partial charge in [0.15, 0.2) is 0 Å². The standard InChI is InChI=1S/C18H26N2O/c1-18(2,9-10-21)12-19-13-7-8-17-15(11-13)14-5-3-4-6-16(14)20-17/h3-6,13,19-21H,7-12H2,1-2H3. The summed E-state index contributed by atoms with van der Waals surface area (Å²) in [5.41, 5.74) is 4.34. The first-order valence-corrected chi connectivity index (χ1v) is 8.02. The Morgan fingerprint density at radius 3 is 2.95 bits per heavy atom. The fourth-order valence-electron chi connectivity index (χ4n) is 3.36. The summed E-state index contributed by atoms with van der Waals surface area (Å²) in [5.74, 6) is 0. The number of aromatic amines is 1. The minimum absolute atomic E-state index is 0.162. The minimum atomic E-state index is 0.162. The highest BCUT2D eigenvalue weighted by molar-refractivity contribution is 5.84. The molecule has 0 fully saturated rings. The first kappa shape index (κ1) is 14.6. The molecular weight excluding hydrogens is 260 g/mol. The van der Waals surface area contributed by atoms with Crippen molar-refractivity contribution in [1.29, 1.82) is 0 Å². The molecule has 1 atom stereocenters. The molecule has 0 bridgehead atoms. The average molecular weight is 286 g/mol. The molecule has 114 valence electrons. The van der Waals surface area contributed by atoms with Crippen LogP contribution in [0.5, 0.6) is 0 Å². The van der Waals surface area contributed by atoms with Gasteiger partial charge in [-0.15, -0.1) is 0 Å². The largest absolute Gasteiger partial charge is 0.396 e. The van der Waals surface area contributed by atoms with E-state index < -0.39 is 0 Å². The molecule has 2 aromatic rings. The molecule has 3 N–H and O–H groups in total. The lowest BCUT2D eigenvalue weighted by Gasteiger charge is -2.30. The second-order valence-electron chi connectivity index (χ2n) is 7.09.